The number of carbonyl (C=O) groups is 4. The summed E-state index contributed by atoms with van der Waals surface area (Å²) in [6, 6.07) is 0. The van der Waals surface area contributed by atoms with E-state index in [0.29, 0.717) is 6.08 Å². The molecular weight excluding hydrogens is 300 g/mol. The summed E-state index contributed by atoms with van der Waals surface area (Å²) in [6.07, 6.45) is 0.704. The first-order valence-electron chi connectivity index (χ1n) is 5.65. The second-order valence-electron chi connectivity index (χ2n) is 4.21. The largest absolute Gasteiger partial charge is 0.506 e. The molecule has 0 spiro atoms. The Labute approximate surface area is 121 Å². The molecule has 1 aromatic rings. The second kappa shape index (κ2) is 4.88. The van der Waals surface area contributed by atoms with Gasteiger partial charge in [0.1, 0.15) is 22.6 Å². The molecule has 0 bridgehead atoms. The Hall–Kier alpha value is -3.36. The maximum Gasteiger partial charge on any atom is 0.340 e. The van der Waals surface area contributed by atoms with E-state index in [1.165, 1.54) is 0 Å². The van der Waals surface area contributed by atoms with Crippen molar-refractivity contribution in [2.75, 3.05) is 7.11 Å². The monoisotopic (exact) mass is 308 g/mol. The van der Waals surface area contributed by atoms with Gasteiger partial charge in [0, 0.05) is 6.08 Å². The van der Waals surface area contributed by atoms with Gasteiger partial charge in [0.25, 0.3) is 0 Å². The topological polar surface area (TPSA) is 158 Å². The van der Waals surface area contributed by atoms with Crippen LogP contribution < -0.4 is 0 Å². The van der Waals surface area contributed by atoms with Gasteiger partial charge in [-0.3, -0.25) is 9.59 Å². The highest BCUT2D eigenvalue weighted by molar-refractivity contribution is 6.28. The molecule has 0 saturated carbocycles. The number of rotatable bonds is 3. The molecule has 114 valence electrons. The lowest BCUT2D eigenvalue weighted by molar-refractivity contribution is 0.0644. The summed E-state index contributed by atoms with van der Waals surface area (Å²) >= 11 is 0. The number of Topliss-reactive ketones (excluding diaryl/α,β-unsaturated/α-hetero) is 1. The lowest BCUT2D eigenvalue weighted by Gasteiger charge is -2.19. The molecule has 0 radical (unpaired) electrons. The number of ketones is 2. The maximum absolute atomic E-state index is 12.1. The van der Waals surface area contributed by atoms with Gasteiger partial charge in [-0.1, -0.05) is 0 Å². The zero-order chi connectivity index (χ0) is 16.8. The number of carbonyl (C=O) groups excluding carboxylic acids is 2. The lowest BCUT2D eigenvalue weighted by Crippen LogP contribution is -2.22. The molecule has 0 aliphatic heterocycles. The Kier molecular flexibility index (Phi) is 3.33. The van der Waals surface area contributed by atoms with Crippen LogP contribution in [0.5, 0.6) is 11.5 Å². The Morgan fingerprint density at radius 1 is 0.955 bits per heavy atom. The van der Waals surface area contributed by atoms with E-state index in [0.717, 1.165) is 7.11 Å². The molecule has 1 aliphatic carbocycles. The van der Waals surface area contributed by atoms with Gasteiger partial charge in [-0.2, -0.15) is 0 Å². The second-order valence-corrected chi connectivity index (χ2v) is 4.21. The predicted molar refractivity (Wildman–Crippen MR) is 67.4 cm³/mol. The highest BCUT2D eigenvalue weighted by Crippen LogP contribution is 2.41. The van der Waals surface area contributed by atoms with Gasteiger partial charge in [-0.15, -0.1) is 0 Å². The first-order chi connectivity index (χ1) is 10.2. The van der Waals surface area contributed by atoms with Gasteiger partial charge in [-0.25, -0.2) is 9.59 Å². The summed E-state index contributed by atoms with van der Waals surface area (Å²) in [7, 11) is 1.07. The van der Waals surface area contributed by atoms with E-state index in [9.17, 15) is 29.4 Å². The van der Waals surface area contributed by atoms with Gasteiger partial charge in [-0.05, 0) is 0 Å². The molecule has 9 nitrogen and oxygen atoms in total. The third-order valence-corrected chi connectivity index (χ3v) is 3.05. The smallest absolute Gasteiger partial charge is 0.340 e. The van der Waals surface area contributed by atoms with Crippen molar-refractivity contribution in [2.24, 2.45) is 0 Å². The van der Waals surface area contributed by atoms with Crippen LogP contribution in [0.1, 0.15) is 41.4 Å². The van der Waals surface area contributed by atoms with Gasteiger partial charge in [0.2, 0.25) is 5.78 Å². The maximum atomic E-state index is 12.1. The molecule has 0 atom stereocenters. The summed E-state index contributed by atoms with van der Waals surface area (Å²) in [5.41, 5.74) is -3.98. The van der Waals surface area contributed by atoms with E-state index in [2.05, 4.69) is 4.74 Å². The van der Waals surface area contributed by atoms with Crippen LogP contribution in [0, 0.1) is 0 Å². The number of hydrogen-bond acceptors (Lipinski definition) is 7. The number of benzene rings is 1. The van der Waals surface area contributed by atoms with Crippen LogP contribution in [-0.4, -0.2) is 51.0 Å². The van der Waals surface area contributed by atoms with Crippen molar-refractivity contribution in [1.29, 1.82) is 0 Å². The average molecular weight is 308 g/mol. The Balaban J connectivity index is 2.99. The van der Waals surface area contributed by atoms with E-state index in [4.69, 9.17) is 10.2 Å². The Bertz CT molecular complexity index is 785. The minimum Gasteiger partial charge on any atom is -0.506 e. The molecule has 22 heavy (non-hydrogen) atoms. The minimum absolute atomic E-state index is 0.480. The SMILES string of the molecule is COC1=CC(=O)c2c(O)c(C(=O)O)c(C(=O)O)c(O)c2C1=O. The fraction of sp³-hybridized carbons (Fsp3) is 0.0769. The zero-order valence-corrected chi connectivity index (χ0v) is 10.9. The number of fused-ring (bicyclic) bond motifs is 1. The van der Waals surface area contributed by atoms with E-state index in [1.54, 1.807) is 0 Å². The van der Waals surface area contributed by atoms with Crippen LogP contribution in [0.3, 0.4) is 0 Å². The summed E-state index contributed by atoms with van der Waals surface area (Å²) in [4.78, 5) is 46.2. The molecule has 9 heteroatoms. The number of allylic oxidation sites excluding steroid dienone is 2. The highest BCUT2D eigenvalue weighted by atomic mass is 16.5. The number of aromatic hydroxyl groups is 2. The van der Waals surface area contributed by atoms with Crippen molar-refractivity contribution in [3.05, 3.63) is 34.1 Å². The van der Waals surface area contributed by atoms with Crippen LogP contribution in [0.4, 0.5) is 0 Å². The quantitative estimate of drug-likeness (QED) is 0.580. The number of aromatic carboxylic acids is 2. The van der Waals surface area contributed by atoms with E-state index in [1.807, 2.05) is 0 Å². The molecule has 0 heterocycles. The minimum atomic E-state index is -1.89. The molecule has 4 N–H and O–H groups in total. The molecular formula is C13H8O9. The van der Waals surface area contributed by atoms with Gasteiger partial charge >= 0.3 is 11.9 Å². The Morgan fingerprint density at radius 2 is 1.41 bits per heavy atom. The Morgan fingerprint density at radius 3 is 1.82 bits per heavy atom. The molecule has 0 aromatic heterocycles. The standard InChI is InChI=1S/C13H8O9/c1-22-4-2-3(14)5-6(9(4)15)11(17)8(13(20)21)7(10(5)16)12(18)19/h2,16-17H,1H3,(H,18,19)(H,20,21). The molecule has 0 saturated heterocycles. The predicted octanol–water partition coefficient (Wildman–Crippen LogP) is 0.404. The van der Waals surface area contributed by atoms with Crippen LogP contribution in [0.2, 0.25) is 0 Å². The van der Waals surface area contributed by atoms with Crippen molar-refractivity contribution in [2.45, 2.75) is 0 Å². The summed E-state index contributed by atoms with van der Waals surface area (Å²) < 4.78 is 4.64. The van der Waals surface area contributed by atoms with Crippen molar-refractivity contribution in [1.82, 2.24) is 0 Å². The molecule has 0 fully saturated rings. The number of phenols is 2. The summed E-state index contributed by atoms with van der Waals surface area (Å²) in [6.45, 7) is 0. The van der Waals surface area contributed by atoms with Crippen LogP contribution >= 0.6 is 0 Å². The molecule has 0 amide bonds. The highest BCUT2D eigenvalue weighted by Gasteiger charge is 2.39. The molecule has 2 rings (SSSR count). The van der Waals surface area contributed by atoms with E-state index < -0.39 is 63.0 Å². The fourth-order valence-electron chi connectivity index (χ4n) is 2.13. The van der Waals surface area contributed by atoms with Crippen LogP contribution in [0.25, 0.3) is 0 Å². The first kappa shape index (κ1) is 15.0. The van der Waals surface area contributed by atoms with Crippen molar-refractivity contribution >= 4 is 23.5 Å². The van der Waals surface area contributed by atoms with E-state index >= 15 is 0 Å². The van der Waals surface area contributed by atoms with Gasteiger partial charge in [0.05, 0.1) is 18.2 Å². The van der Waals surface area contributed by atoms with Gasteiger partial charge in [0.15, 0.2) is 11.5 Å². The molecule has 0 unspecified atom stereocenters. The van der Waals surface area contributed by atoms with Crippen LogP contribution in [-0.2, 0) is 4.74 Å². The van der Waals surface area contributed by atoms with E-state index in [-0.39, 0.29) is 0 Å². The first-order valence-corrected chi connectivity index (χ1v) is 5.65. The van der Waals surface area contributed by atoms with Crippen molar-refractivity contribution in [3.63, 3.8) is 0 Å². The number of carboxylic acid groups (broad SMARTS) is 2. The summed E-state index contributed by atoms with van der Waals surface area (Å²) in [5, 5.41) is 37.9. The third kappa shape index (κ3) is 1.87. The number of ether oxygens (including phenoxy) is 1. The lowest BCUT2D eigenvalue weighted by atomic mass is 9.86. The summed E-state index contributed by atoms with van der Waals surface area (Å²) in [5.74, 6) is -8.73. The molecule has 1 aromatic carbocycles. The molecule has 1 aliphatic rings. The number of carboxylic acids is 2. The van der Waals surface area contributed by atoms with Crippen molar-refractivity contribution < 1.29 is 44.3 Å². The number of methoxy groups -OCH3 is 1. The number of hydrogen-bond donors (Lipinski definition) is 4. The van der Waals surface area contributed by atoms with Gasteiger partial charge < -0.3 is 25.2 Å². The average Bonchev–Trinajstić information content (AvgIpc) is 2.43. The third-order valence-electron chi connectivity index (χ3n) is 3.05. The fourth-order valence-corrected chi connectivity index (χ4v) is 2.13. The van der Waals surface area contributed by atoms with Crippen molar-refractivity contribution in [3.8, 4) is 11.5 Å². The normalized spacial score (nSPS) is 13.4. The zero-order valence-electron chi connectivity index (χ0n) is 10.9. The van der Waals surface area contributed by atoms with Crippen LogP contribution in [0.15, 0.2) is 11.8 Å².